The second-order valence-electron chi connectivity index (χ2n) is 6.69. The van der Waals surface area contributed by atoms with E-state index in [4.69, 9.17) is 10.5 Å². The summed E-state index contributed by atoms with van der Waals surface area (Å²) in [5.41, 5.74) is 4.71. The van der Waals surface area contributed by atoms with Gasteiger partial charge in [0, 0.05) is 31.0 Å². The average Bonchev–Trinajstić information content (AvgIpc) is 2.36. The van der Waals surface area contributed by atoms with E-state index in [1.54, 1.807) is 13.8 Å². The first-order valence-corrected chi connectivity index (χ1v) is 9.30. The highest BCUT2D eigenvalue weighted by atomic mass is 35.5. The highest BCUT2D eigenvalue weighted by Gasteiger charge is 2.62. The Kier molecular flexibility index (Phi) is 7.97. The number of carbonyl (C=O) groups excluding carboxylic acids is 1. The van der Waals surface area contributed by atoms with E-state index in [1.807, 2.05) is 20.8 Å². The summed E-state index contributed by atoms with van der Waals surface area (Å²) in [7, 11) is -3.39. The number of hydrogen-bond donors (Lipinski definition) is 3. The molecule has 1 saturated carbocycles. The molecular formula is C14H30ClN3O4S. The first kappa shape index (κ1) is 22.6. The fourth-order valence-corrected chi connectivity index (χ4v) is 3.90. The smallest absolute Gasteiger partial charge is 0.240 e. The molecule has 0 aliphatic heterocycles. The number of nitrogens with one attached hydrogen (secondary N) is 2. The van der Waals surface area contributed by atoms with Crippen molar-refractivity contribution in [1.82, 2.24) is 10.0 Å². The highest BCUT2D eigenvalue weighted by Crippen LogP contribution is 2.49. The summed E-state index contributed by atoms with van der Waals surface area (Å²) in [5.74, 6) is -0.490. The molecule has 1 aliphatic carbocycles. The van der Waals surface area contributed by atoms with E-state index in [9.17, 15) is 13.2 Å². The minimum atomic E-state index is -3.39. The molecule has 0 aromatic rings. The number of hydrogen-bond acceptors (Lipinski definition) is 5. The van der Waals surface area contributed by atoms with Crippen LogP contribution in [0, 0.1) is 5.41 Å². The van der Waals surface area contributed by atoms with E-state index < -0.39 is 21.0 Å². The third-order valence-electron chi connectivity index (χ3n) is 4.31. The van der Waals surface area contributed by atoms with Crippen molar-refractivity contribution in [2.75, 3.05) is 18.9 Å². The van der Waals surface area contributed by atoms with Gasteiger partial charge in [-0.05, 0) is 20.8 Å². The van der Waals surface area contributed by atoms with Crippen molar-refractivity contribution in [2.24, 2.45) is 11.1 Å². The van der Waals surface area contributed by atoms with Crippen molar-refractivity contribution in [1.29, 1.82) is 0 Å². The summed E-state index contributed by atoms with van der Waals surface area (Å²) < 4.78 is 31.5. The molecule has 1 aliphatic rings. The number of rotatable bonds is 8. The standard InChI is InChI=1S/C14H29N3O4S.ClH/c1-6-21-11-9-14(15,13(11,4)5)12(18)16-7-8-22(19,20)17-10(2)3;/h10-11,17H,6-9,15H2,1-5H3,(H,16,18);1H. The second-order valence-corrected chi connectivity index (χ2v) is 8.56. The monoisotopic (exact) mass is 371 g/mol. The predicted molar refractivity (Wildman–Crippen MR) is 93.0 cm³/mol. The third-order valence-corrected chi connectivity index (χ3v) is 5.88. The molecule has 23 heavy (non-hydrogen) atoms. The minimum absolute atomic E-state index is 0. The van der Waals surface area contributed by atoms with Crippen LogP contribution in [0.2, 0.25) is 0 Å². The first-order valence-electron chi connectivity index (χ1n) is 7.65. The van der Waals surface area contributed by atoms with Crippen LogP contribution in [0.4, 0.5) is 0 Å². The maximum absolute atomic E-state index is 12.3. The molecule has 0 aromatic carbocycles. The van der Waals surface area contributed by atoms with Gasteiger partial charge in [-0.25, -0.2) is 13.1 Å². The van der Waals surface area contributed by atoms with Crippen LogP contribution in [-0.4, -0.2) is 50.9 Å². The SMILES string of the molecule is CCOC1CC(N)(C(=O)NCCS(=O)(=O)NC(C)C)C1(C)C.Cl. The van der Waals surface area contributed by atoms with E-state index >= 15 is 0 Å². The zero-order chi connectivity index (χ0) is 17.2. The van der Waals surface area contributed by atoms with E-state index in [1.165, 1.54) is 0 Å². The Hall–Kier alpha value is -0.410. The molecule has 7 nitrogen and oxygen atoms in total. The van der Waals surface area contributed by atoms with Crippen LogP contribution in [0.3, 0.4) is 0 Å². The number of nitrogens with two attached hydrogens (primary N) is 1. The molecule has 1 amide bonds. The third kappa shape index (κ3) is 5.03. The van der Waals surface area contributed by atoms with Gasteiger partial charge in [-0.15, -0.1) is 12.4 Å². The highest BCUT2D eigenvalue weighted by molar-refractivity contribution is 7.89. The van der Waals surface area contributed by atoms with E-state index in [2.05, 4.69) is 10.0 Å². The Morgan fingerprint density at radius 3 is 2.39 bits per heavy atom. The Bertz CT molecular complexity index is 510. The molecule has 0 heterocycles. The van der Waals surface area contributed by atoms with Crippen LogP contribution in [0.5, 0.6) is 0 Å². The van der Waals surface area contributed by atoms with Gasteiger partial charge in [-0.1, -0.05) is 13.8 Å². The van der Waals surface area contributed by atoms with Gasteiger partial charge in [0.05, 0.1) is 11.9 Å². The second kappa shape index (κ2) is 8.11. The van der Waals surface area contributed by atoms with Gasteiger partial charge in [0.2, 0.25) is 15.9 Å². The summed E-state index contributed by atoms with van der Waals surface area (Å²) in [6.45, 7) is 9.80. The molecule has 138 valence electrons. The van der Waals surface area contributed by atoms with Crippen LogP contribution in [0.25, 0.3) is 0 Å². The molecule has 0 saturated heterocycles. The molecule has 0 aromatic heterocycles. The fraction of sp³-hybridized carbons (Fsp3) is 0.929. The number of carbonyl (C=O) groups is 1. The summed E-state index contributed by atoms with van der Waals surface area (Å²) in [4.78, 5) is 12.3. The van der Waals surface area contributed by atoms with Gasteiger partial charge >= 0.3 is 0 Å². The van der Waals surface area contributed by atoms with Gasteiger partial charge in [0.15, 0.2) is 0 Å². The zero-order valence-corrected chi connectivity index (χ0v) is 16.1. The van der Waals surface area contributed by atoms with Gasteiger partial charge in [-0.2, -0.15) is 0 Å². The van der Waals surface area contributed by atoms with Crippen molar-refractivity contribution < 1.29 is 17.9 Å². The zero-order valence-electron chi connectivity index (χ0n) is 14.5. The molecule has 4 N–H and O–H groups in total. The lowest BCUT2D eigenvalue weighted by Gasteiger charge is -2.57. The van der Waals surface area contributed by atoms with Crippen LogP contribution in [0.15, 0.2) is 0 Å². The van der Waals surface area contributed by atoms with E-state index in [0.717, 1.165) is 0 Å². The van der Waals surface area contributed by atoms with Crippen LogP contribution in [0.1, 0.15) is 41.0 Å². The maximum atomic E-state index is 12.3. The first-order chi connectivity index (χ1) is 9.96. The van der Waals surface area contributed by atoms with Crippen LogP contribution < -0.4 is 15.8 Å². The molecule has 9 heteroatoms. The molecule has 1 rings (SSSR count). The number of amides is 1. The van der Waals surface area contributed by atoms with Crippen molar-refractivity contribution in [3.05, 3.63) is 0 Å². The average molecular weight is 372 g/mol. The Morgan fingerprint density at radius 2 is 1.96 bits per heavy atom. The molecule has 0 radical (unpaired) electrons. The van der Waals surface area contributed by atoms with Crippen molar-refractivity contribution in [2.45, 2.75) is 58.7 Å². The number of ether oxygens (including phenoxy) is 1. The van der Waals surface area contributed by atoms with Crippen LogP contribution >= 0.6 is 12.4 Å². The normalized spacial score (nSPS) is 26.3. The molecule has 0 bridgehead atoms. The largest absolute Gasteiger partial charge is 0.378 e. The Morgan fingerprint density at radius 1 is 1.39 bits per heavy atom. The fourth-order valence-electron chi connectivity index (χ4n) is 2.70. The Labute approximate surface area is 145 Å². The maximum Gasteiger partial charge on any atom is 0.240 e. The number of halogens is 1. The summed E-state index contributed by atoms with van der Waals surface area (Å²) in [6, 6.07) is -0.168. The summed E-state index contributed by atoms with van der Waals surface area (Å²) in [5, 5.41) is 2.63. The van der Waals surface area contributed by atoms with Crippen molar-refractivity contribution in [3.63, 3.8) is 0 Å². The summed E-state index contributed by atoms with van der Waals surface area (Å²) in [6.07, 6.45) is 0.385. The molecular weight excluding hydrogens is 342 g/mol. The molecule has 1 fully saturated rings. The minimum Gasteiger partial charge on any atom is -0.378 e. The topological polar surface area (TPSA) is 111 Å². The molecule has 0 spiro atoms. The lowest BCUT2D eigenvalue weighted by Crippen LogP contribution is -2.75. The van der Waals surface area contributed by atoms with Gasteiger partial charge < -0.3 is 15.8 Å². The van der Waals surface area contributed by atoms with Gasteiger partial charge in [-0.3, -0.25) is 4.79 Å². The van der Waals surface area contributed by atoms with Gasteiger partial charge in [0.25, 0.3) is 0 Å². The lowest BCUT2D eigenvalue weighted by atomic mass is 9.54. The quantitative estimate of drug-likeness (QED) is 0.571. The van der Waals surface area contributed by atoms with Crippen LogP contribution in [-0.2, 0) is 19.6 Å². The predicted octanol–water partition coefficient (Wildman–Crippen LogP) is 0.385. The van der Waals surface area contributed by atoms with Crippen molar-refractivity contribution >= 4 is 28.3 Å². The number of sulfonamides is 1. The van der Waals surface area contributed by atoms with Crippen molar-refractivity contribution in [3.8, 4) is 0 Å². The van der Waals surface area contributed by atoms with E-state index in [-0.39, 0.29) is 42.8 Å². The summed E-state index contributed by atoms with van der Waals surface area (Å²) >= 11 is 0. The molecule has 2 atom stereocenters. The Balaban J connectivity index is 0.00000484. The lowest BCUT2D eigenvalue weighted by molar-refractivity contribution is -0.170. The van der Waals surface area contributed by atoms with Gasteiger partial charge in [0.1, 0.15) is 5.54 Å². The molecule has 2 unspecified atom stereocenters. The van der Waals surface area contributed by atoms with E-state index in [0.29, 0.717) is 13.0 Å².